The Labute approximate surface area is 199 Å². The van der Waals surface area contributed by atoms with Crippen LogP contribution in [0.3, 0.4) is 0 Å². The third-order valence-corrected chi connectivity index (χ3v) is 8.67. The fourth-order valence-electron chi connectivity index (χ4n) is 5.88. The van der Waals surface area contributed by atoms with Crippen LogP contribution in [0.5, 0.6) is 0 Å². The summed E-state index contributed by atoms with van der Waals surface area (Å²) in [6.07, 6.45) is 7.68. The van der Waals surface area contributed by atoms with E-state index in [1.54, 1.807) is 10.6 Å². The normalized spacial score (nSPS) is 20.7. The highest BCUT2D eigenvalue weighted by atomic mass is 32.1. The first-order valence-electron chi connectivity index (χ1n) is 11.7. The maximum absolute atomic E-state index is 13.7. The number of aromatic nitrogens is 3. The van der Waals surface area contributed by atoms with E-state index in [2.05, 4.69) is 20.6 Å². The SMILES string of the molecule is Cc1cc(Nc2ncnc3sc4c(c23)CC[C@H](C(=O)O)C4)c(=O)n2c1C(=O)NC21CCCCC1. The predicted octanol–water partition coefficient (Wildman–Crippen LogP) is 3.45. The van der Waals surface area contributed by atoms with E-state index in [9.17, 15) is 19.5 Å². The number of hydrogen-bond acceptors (Lipinski definition) is 7. The van der Waals surface area contributed by atoms with Gasteiger partial charge in [-0.2, -0.15) is 0 Å². The quantitative estimate of drug-likeness (QED) is 0.525. The van der Waals surface area contributed by atoms with E-state index < -0.39 is 11.6 Å². The van der Waals surface area contributed by atoms with Crippen LogP contribution in [0.4, 0.5) is 11.5 Å². The number of amides is 1. The van der Waals surface area contributed by atoms with E-state index in [1.165, 1.54) is 17.7 Å². The summed E-state index contributed by atoms with van der Waals surface area (Å²) < 4.78 is 1.67. The Morgan fingerprint density at radius 2 is 2.06 bits per heavy atom. The molecule has 0 aromatic carbocycles. The van der Waals surface area contributed by atoms with Crippen molar-refractivity contribution in [3.63, 3.8) is 0 Å². The molecule has 0 radical (unpaired) electrons. The average molecular weight is 480 g/mol. The number of aryl methyl sites for hydroxylation is 2. The van der Waals surface area contributed by atoms with Gasteiger partial charge in [0.25, 0.3) is 11.5 Å². The summed E-state index contributed by atoms with van der Waals surface area (Å²) in [6, 6.07) is 1.73. The van der Waals surface area contributed by atoms with E-state index in [0.717, 1.165) is 58.3 Å². The molecule has 10 heteroatoms. The number of pyridine rings is 1. The topological polar surface area (TPSA) is 126 Å². The Morgan fingerprint density at radius 1 is 1.26 bits per heavy atom. The second-order valence-corrected chi connectivity index (χ2v) is 10.7. The lowest BCUT2D eigenvalue weighted by Crippen LogP contribution is -2.48. The van der Waals surface area contributed by atoms with Crippen LogP contribution in [-0.2, 0) is 23.3 Å². The molecule has 3 aromatic rings. The molecule has 4 heterocycles. The molecule has 176 valence electrons. The van der Waals surface area contributed by atoms with Gasteiger partial charge in [-0.3, -0.25) is 19.0 Å². The van der Waals surface area contributed by atoms with Crippen LogP contribution in [0.25, 0.3) is 10.2 Å². The van der Waals surface area contributed by atoms with Gasteiger partial charge in [-0.25, -0.2) is 9.97 Å². The number of carbonyl (C=O) groups is 2. The van der Waals surface area contributed by atoms with Crippen molar-refractivity contribution in [2.45, 2.75) is 64.0 Å². The van der Waals surface area contributed by atoms with Crippen LogP contribution in [-0.4, -0.2) is 31.5 Å². The molecule has 1 saturated carbocycles. The van der Waals surface area contributed by atoms with Gasteiger partial charge in [0.15, 0.2) is 0 Å². The molecule has 0 saturated heterocycles. The summed E-state index contributed by atoms with van der Waals surface area (Å²) in [6.45, 7) is 1.85. The minimum absolute atomic E-state index is 0.188. The van der Waals surface area contributed by atoms with Crippen LogP contribution in [0.15, 0.2) is 17.2 Å². The number of anilines is 2. The first-order valence-corrected chi connectivity index (χ1v) is 12.5. The summed E-state index contributed by atoms with van der Waals surface area (Å²) in [5.41, 5.74) is 1.74. The fraction of sp³-hybridized carbons (Fsp3) is 0.458. The molecule has 6 rings (SSSR count). The van der Waals surface area contributed by atoms with Crippen molar-refractivity contribution in [1.82, 2.24) is 19.9 Å². The smallest absolute Gasteiger partial charge is 0.306 e. The molecule has 3 aromatic heterocycles. The van der Waals surface area contributed by atoms with Gasteiger partial charge in [0, 0.05) is 4.88 Å². The molecular formula is C24H25N5O4S. The van der Waals surface area contributed by atoms with Gasteiger partial charge in [0.2, 0.25) is 0 Å². The molecule has 1 aliphatic heterocycles. The van der Waals surface area contributed by atoms with Crippen LogP contribution < -0.4 is 16.2 Å². The Morgan fingerprint density at radius 3 is 2.82 bits per heavy atom. The zero-order valence-electron chi connectivity index (χ0n) is 18.8. The molecule has 1 spiro atoms. The lowest BCUT2D eigenvalue weighted by molar-refractivity contribution is -0.142. The third kappa shape index (κ3) is 3.08. The molecule has 1 atom stereocenters. The first kappa shape index (κ1) is 21.3. The summed E-state index contributed by atoms with van der Waals surface area (Å²) >= 11 is 1.50. The number of carbonyl (C=O) groups excluding carboxylic acids is 1. The highest BCUT2D eigenvalue weighted by molar-refractivity contribution is 7.19. The summed E-state index contributed by atoms with van der Waals surface area (Å²) in [5, 5.41) is 16.7. The number of thiophene rings is 1. The maximum Gasteiger partial charge on any atom is 0.306 e. The maximum atomic E-state index is 13.7. The van der Waals surface area contributed by atoms with E-state index in [-0.39, 0.29) is 17.4 Å². The number of aliphatic carboxylic acids is 1. The molecule has 3 N–H and O–H groups in total. The van der Waals surface area contributed by atoms with Crippen molar-refractivity contribution >= 4 is 44.9 Å². The number of hydrogen-bond donors (Lipinski definition) is 3. The van der Waals surface area contributed by atoms with Crippen LogP contribution in [0.2, 0.25) is 0 Å². The Hall–Kier alpha value is -3.27. The van der Waals surface area contributed by atoms with Gasteiger partial charge in [-0.1, -0.05) is 6.42 Å². The molecule has 2 aliphatic carbocycles. The number of carboxylic acids is 1. The molecular weight excluding hydrogens is 454 g/mol. The summed E-state index contributed by atoms with van der Waals surface area (Å²) in [5.74, 6) is -0.796. The Kier molecular flexibility index (Phi) is 4.77. The van der Waals surface area contributed by atoms with Gasteiger partial charge in [-0.05, 0) is 69.1 Å². The largest absolute Gasteiger partial charge is 0.481 e. The zero-order chi connectivity index (χ0) is 23.6. The lowest BCUT2D eigenvalue weighted by atomic mass is 9.88. The minimum atomic E-state index is -0.769. The van der Waals surface area contributed by atoms with Crippen molar-refractivity contribution in [1.29, 1.82) is 0 Å². The predicted molar refractivity (Wildman–Crippen MR) is 128 cm³/mol. The average Bonchev–Trinajstić information content (AvgIpc) is 3.33. The number of nitrogens with zero attached hydrogens (tertiary/aromatic N) is 3. The first-order chi connectivity index (χ1) is 16.4. The molecule has 9 nitrogen and oxygen atoms in total. The Balaban J connectivity index is 1.45. The molecule has 34 heavy (non-hydrogen) atoms. The van der Waals surface area contributed by atoms with Gasteiger partial charge < -0.3 is 15.7 Å². The van der Waals surface area contributed by atoms with Gasteiger partial charge in [0.05, 0.1) is 11.3 Å². The molecule has 1 amide bonds. The van der Waals surface area contributed by atoms with Crippen LogP contribution in [0.1, 0.15) is 65.0 Å². The second kappa shape index (κ2) is 7.63. The highest BCUT2D eigenvalue weighted by Crippen LogP contribution is 2.41. The lowest BCUT2D eigenvalue weighted by Gasteiger charge is -2.35. The van der Waals surface area contributed by atoms with Crippen LogP contribution in [0, 0.1) is 12.8 Å². The van der Waals surface area contributed by atoms with Gasteiger partial charge >= 0.3 is 5.97 Å². The Bertz CT molecular complexity index is 1420. The number of nitrogens with one attached hydrogen (secondary N) is 2. The highest BCUT2D eigenvalue weighted by Gasteiger charge is 2.45. The van der Waals surface area contributed by atoms with E-state index >= 15 is 0 Å². The fourth-order valence-corrected chi connectivity index (χ4v) is 7.15. The third-order valence-electron chi connectivity index (χ3n) is 7.51. The van der Waals surface area contributed by atoms with E-state index in [0.29, 0.717) is 36.5 Å². The second-order valence-electron chi connectivity index (χ2n) is 9.59. The van der Waals surface area contributed by atoms with Crippen molar-refractivity contribution in [3.8, 4) is 0 Å². The summed E-state index contributed by atoms with van der Waals surface area (Å²) in [7, 11) is 0. The van der Waals surface area contributed by atoms with Crippen molar-refractivity contribution < 1.29 is 14.7 Å². The van der Waals surface area contributed by atoms with Crippen molar-refractivity contribution in [3.05, 3.63) is 44.4 Å². The molecule has 0 unspecified atom stereocenters. The summed E-state index contributed by atoms with van der Waals surface area (Å²) in [4.78, 5) is 48.7. The monoisotopic (exact) mass is 479 g/mol. The van der Waals surface area contributed by atoms with Crippen molar-refractivity contribution in [2.75, 3.05) is 5.32 Å². The van der Waals surface area contributed by atoms with Gasteiger partial charge in [0.1, 0.15) is 34.0 Å². The standard InChI is InChI=1S/C24H25N5O4S/c1-12-9-15(22(31)29-18(12)20(30)28-24(29)7-3-2-4-8-24)27-19-17-14-6-5-13(23(32)33)10-16(14)34-21(17)26-11-25-19/h9,11,13H,2-8,10H2,1H3,(H,28,30)(H,32,33)(H,25,26,27)/t13-/m0/s1. The van der Waals surface area contributed by atoms with E-state index in [4.69, 9.17) is 0 Å². The molecule has 3 aliphatic rings. The molecule has 0 bridgehead atoms. The van der Waals surface area contributed by atoms with Gasteiger partial charge in [-0.15, -0.1) is 11.3 Å². The minimum Gasteiger partial charge on any atom is -0.481 e. The number of fused-ring (bicyclic) bond motifs is 5. The van der Waals surface area contributed by atoms with Crippen molar-refractivity contribution in [2.24, 2.45) is 5.92 Å². The van der Waals surface area contributed by atoms with Crippen LogP contribution >= 0.6 is 11.3 Å². The molecule has 1 fully saturated rings. The number of rotatable bonds is 3. The number of carboxylic acid groups (broad SMARTS) is 1. The van der Waals surface area contributed by atoms with E-state index in [1.807, 2.05) is 6.92 Å². The zero-order valence-corrected chi connectivity index (χ0v) is 19.6.